The third-order valence-electron chi connectivity index (χ3n) is 3.39. The van der Waals surface area contributed by atoms with Gasteiger partial charge in [-0.25, -0.2) is 4.39 Å². The number of carbonyl (C=O) groups is 1. The topological polar surface area (TPSA) is 32.3 Å². The van der Waals surface area contributed by atoms with E-state index in [1.807, 2.05) is 0 Å². The van der Waals surface area contributed by atoms with Crippen LogP contribution in [0, 0.1) is 11.7 Å². The number of hydrogen-bond donors (Lipinski definition) is 1. The monoisotopic (exact) mass is 250 g/mol. The second-order valence-corrected chi connectivity index (χ2v) is 4.96. The van der Waals surface area contributed by atoms with E-state index in [0.29, 0.717) is 12.5 Å². The molecule has 0 bridgehead atoms. The first kappa shape index (κ1) is 13.0. The number of piperidine rings is 1. The van der Waals surface area contributed by atoms with Crippen LogP contribution in [0.5, 0.6) is 0 Å². The van der Waals surface area contributed by atoms with Gasteiger partial charge in [-0.05, 0) is 44.5 Å². The molecule has 1 atom stereocenters. The number of benzene rings is 1. The van der Waals surface area contributed by atoms with Crippen LogP contribution in [0.1, 0.15) is 23.2 Å². The van der Waals surface area contributed by atoms with Gasteiger partial charge in [-0.1, -0.05) is 12.1 Å². The van der Waals surface area contributed by atoms with E-state index in [0.717, 1.165) is 25.9 Å². The first-order valence-electron chi connectivity index (χ1n) is 6.38. The Morgan fingerprint density at radius 1 is 1.50 bits per heavy atom. The highest BCUT2D eigenvalue weighted by Crippen LogP contribution is 2.14. The van der Waals surface area contributed by atoms with Crippen LogP contribution in [-0.4, -0.2) is 37.5 Å². The molecular formula is C14H19FN2O. The molecule has 1 N–H and O–H groups in total. The van der Waals surface area contributed by atoms with Crippen molar-refractivity contribution in [1.29, 1.82) is 0 Å². The molecule has 2 rings (SSSR count). The van der Waals surface area contributed by atoms with Crippen molar-refractivity contribution < 1.29 is 9.18 Å². The lowest BCUT2D eigenvalue weighted by atomic mass is 9.98. The molecule has 1 aromatic carbocycles. The number of hydrogen-bond acceptors (Lipinski definition) is 2. The van der Waals surface area contributed by atoms with Gasteiger partial charge in [0.15, 0.2) is 0 Å². The molecule has 1 aliphatic rings. The van der Waals surface area contributed by atoms with E-state index in [1.54, 1.807) is 12.1 Å². The van der Waals surface area contributed by atoms with Crippen LogP contribution >= 0.6 is 0 Å². The number of likely N-dealkylation sites (tertiary alicyclic amines) is 1. The second-order valence-electron chi connectivity index (χ2n) is 4.96. The van der Waals surface area contributed by atoms with Crippen molar-refractivity contribution >= 4 is 5.91 Å². The van der Waals surface area contributed by atoms with Crippen molar-refractivity contribution in [1.82, 2.24) is 10.2 Å². The fourth-order valence-corrected chi connectivity index (χ4v) is 2.42. The molecule has 0 aliphatic carbocycles. The van der Waals surface area contributed by atoms with Crippen molar-refractivity contribution in [2.45, 2.75) is 12.8 Å². The van der Waals surface area contributed by atoms with Gasteiger partial charge < -0.3 is 10.2 Å². The molecular weight excluding hydrogens is 231 g/mol. The molecule has 98 valence electrons. The largest absolute Gasteiger partial charge is 0.352 e. The molecule has 1 saturated heterocycles. The fraction of sp³-hybridized carbons (Fsp3) is 0.500. The zero-order valence-corrected chi connectivity index (χ0v) is 10.7. The van der Waals surface area contributed by atoms with E-state index >= 15 is 0 Å². The number of carbonyl (C=O) groups excluding carboxylic acids is 1. The maximum absolute atomic E-state index is 13.4. The van der Waals surface area contributed by atoms with E-state index < -0.39 is 5.82 Å². The van der Waals surface area contributed by atoms with Crippen LogP contribution in [-0.2, 0) is 0 Å². The van der Waals surface area contributed by atoms with Crippen LogP contribution in [0.25, 0.3) is 0 Å². The van der Waals surface area contributed by atoms with E-state index in [9.17, 15) is 9.18 Å². The number of rotatable bonds is 3. The highest BCUT2D eigenvalue weighted by Gasteiger charge is 2.18. The summed E-state index contributed by atoms with van der Waals surface area (Å²) in [6.45, 7) is 2.74. The predicted octanol–water partition coefficient (Wildman–Crippen LogP) is 1.90. The summed E-state index contributed by atoms with van der Waals surface area (Å²) in [5, 5.41) is 2.82. The van der Waals surface area contributed by atoms with Crippen LogP contribution < -0.4 is 5.32 Å². The summed E-state index contributed by atoms with van der Waals surface area (Å²) in [7, 11) is 2.09. The molecule has 0 aromatic heterocycles. The van der Waals surface area contributed by atoms with Crippen molar-refractivity contribution in [2.24, 2.45) is 5.92 Å². The Morgan fingerprint density at radius 3 is 3.00 bits per heavy atom. The average Bonchev–Trinajstić information content (AvgIpc) is 2.37. The molecule has 0 saturated carbocycles. The third-order valence-corrected chi connectivity index (χ3v) is 3.39. The minimum atomic E-state index is -0.462. The van der Waals surface area contributed by atoms with E-state index in [-0.39, 0.29) is 11.5 Å². The van der Waals surface area contributed by atoms with Gasteiger partial charge in [0.1, 0.15) is 5.82 Å². The summed E-state index contributed by atoms with van der Waals surface area (Å²) in [4.78, 5) is 14.1. The third kappa shape index (κ3) is 3.29. The van der Waals surface area contributed by atoms with Crippen LogP contribution in [0.2, 0.25) is 0 Å². The van der Waals surface area contributed by atoms with Gasteiger partial charge in [0.05, 0.1) is 5.56 Å². The standard InChI is InChI=1S/C14H19FN2O/c1-17-8-4-5-11(10-17)9-16-14(18)12-6-2-3-7-13(12)15/h2-3,6-7,11H,4-5,8-10H2,1H3,(H,16,18). The van der Waals surface area contributed by atoms with Crippen LogP contribution in [0.3, 0.4) is 0 Å². The summed E-state index contributed by atoms with van der Waals surface area (Å²) in [5.41, 5.74) is 0.127. The van der Waals surface area contributed by atoms with Crippen molar-refractivity contribution in [2.75, 3.05) is 26.7 Å². The summed E-state index contributed by atoms with van der Waals surface area (Å²) in [6.07, 6.45) is 2.29. The summed E-state index contributed by atoms with van der Waals surface area (Å²) in [6, 6.07) is 6.08. The Balaban J connectivity index is 1.87. The minimum absolute atomic E-state index is 0.127. The van der Waals surface area contributed by atoms with Crippen molar-refractivity contribution in [3.8, 4) is 0 Å². The summed E-state index contributed by atoms with van der Waals surface area (Å²) < 4.78 is 13.4. The van der Waals surface area contributed by atoms with E-state index in [1.165, 1.54) is 12.1 Å². The van der Waals surface area contributed by atoms with Crippen molar-refractivity contribution in [3.63, 3.8) is 0 Å². The maximum Gasteiger partial charge on any atom is 0.254 e. The minimum Gasteiger partial charge on any atom is -0.352 e. The Bertz CT molecular complexity index is 422. The Hall–Kier alpha value is -1.42. The van der Waals surface area contributed by atoms with Gasteiger partial charge in [0, 0.05) is 13.1 Å². The lowest BCUT2D eigenvalue weighted by Gasteiger charge is -2.29. The predicted molar refractivity (Wildman–Crippen MR) is 69.0 cm³/mol. The van der Waals surface area contributed by atoms with Gasteiger partial charge in [-0.2, -0.15) is 0 Å². The molecule has 1 amide bonds. The molecule has 18 heavy (non-hydrogen) atoms. The van der Waals surface area contributed by atoms with Gasteiger partial charge in [0.2, 0.25) is 0 Å². The molecule has 0 radical (unpaired) electrons. The molecule has 4 heteroatoms. The molecule has 1 heterocycles. The average molecular weight is 250 g/mol. The van der Waals surface area contributed by atoms with E-state index in [2.05, 4.69) is 17.3 Å². The number of halogens is 1. The second kappa shape index (κ2) is 5.96. The zero-order valence-electron chi connectivity index (χ0n) is 10.7. The quantitative estimate of drug-likeness (QED) is 0.888. The van der Waals surface area contributed by atoms with Gasteiger partial charge in [0.25, 0.3) is 5.91 Å². The normalized spacial score (nSPS) is 20.7. The number of nitrogens with zero attached hydrogens (tertiary/aromatic N) is 1. The highest BCUT2D eigenvalue weighted by molar-refractivity contribution is 5.94. The Kier molecular flexibility index (Phi) is 4.31. The molecule has 0 spiro atoms. The first-order valence-corrected chi connectivity index (χ1v) is 6.38. The lowest BCUT2D eigenvalue weighted by molar-refractivity contribution is 0.0933. The summed E-state index contributed by atoms with van der Waals surface area (Å²) in [5.74, 6) is -0.309. The number of nitrogens with one attached hydrogen (secondary N) is 1. The molecule has 1 fully saturated rings. The molecule has 1 unspecified atom stereocenters. The smallest absolute Gasteiger partial charge is 0.254 e. The Morgan fingerprint density at radius 2 is 2.28 bits per heavy atom. The fourth-order valence-electron chi connectivity index (χ4n) is 2.42. The lowest BCUT2D eigenvalue weighted by Crippen LogP contribution is -2.39. The maximum atomic E-state index is 13.4. The van der Waals surface area contributed by atoms with E-state index in [4.69, 9.17) is 0 Å². The molecule has 1 aliphatic heterocycles. The summed E-state index contributed by atoms with van der Waals surface area (Å²) >= 11 is 0. The highest BCUT2D eigenvalue weighted by atomic mass is 19.1. The van der Waals surface area contributed by atoms with Gasteiger partial charge in [-0.3, -0.25) is 4.79 Å². The van der Waals surface area contributed by atoms with Crippen LogP contribution in [0.15, 0.2) is 24.3 Å². The molecule has 1 aromatic rings. The molecule has 3 nitrogen and oxygen atoms in total. The van der Waals surface area contributed by atoms with Crippen molar-refractivity contribution in [3.05, 3.63) is 35.6 Å². The SMILES string of the molecule is CN1CCCC(CNC(=O)c2ccccc2F)C1. The number of amides is 1. The van der Waals surface area contributed by atoms with Gasteiger partial charge >= 0.3 is 0 Å². The van der Waals surface area contributed by atoms with Gasteiger partial charge in [-0.15, -0.1) is 0 Å². The zero-order chi connectivity index (χ0) is 13.0. The first-order chi connectivity index (χ1) is 8.66. The van der Waals surface area contributed by atoms with Crippen LogP contribution in [0.4, 0.5) is 4.39 Å². The Labute approximate surface area is 107 Å².